The largest absolute Gasteiger partial charge is 0.497 e. The van der Waals surface area contributed by atoms with Crippen molar-refractivity contribution in [2.24, 2.45) is 0 Å². The van der Waals surface area contributed by atoms with E-state index in [0.29, 0.717) is 0 Å². The number of hydrogen-bond acceptors (Lipinski definition) is 2. The summed E-state index contributed by atoms with van der Waals surface area (Å²) in [5.41, 5.74) is 3.80. The molecule has 2 aromatic carbocycles. The molecule has 0 bridgehead atoms. The average molecular weight is 320 g/mol. The van der Waals surface area contributed by atoms with Crippen molar-refractivity contribution >= 4 is 15.9 Å². The third-order valence-electron chi connectivity index (χ3n) is 2.98. The van der Waals surface area contributed by atoms with Crippen LogP contribution in [0.4, 0.5) is 0 Å². The van der Waals surface area contributed by atoms with Gasteiger partial charge in [-0.3, -0.25) is 0 Å². The van der Waals surface area contributed by atoms with Gasteiger partial charge in [-0.2, -0.15) is 0 Å². The van der Waals surface area contributed by atoms with Crippen molar-refractivity contribution in [1.29, 1.82) is 0 Å². The van der Waals surface area contributed by atoms with Crippen molar-refractivity contribution in [3.8, 4) is 5.75 Å². The third kappa shape index (κ3) is 4.08. The Kier molecular flexibility index (Phi) is 5.00. The maximum absolute atomic E-state index is 5.24. The Morgan fingerprint density at radius 2 is 1.95 bits per heavy atom. The van der Waals surface area contributed by atoms with E-state index in [1.54, 1.807) is 7.11 Å². The van der Waals surface area contributed by atoms with Gasteiger partial charge >= 0.3 is 0 Å². The van der Waals surface area contributed by atoms with Crippen molar-refractivity contribution in [2.45, 2.75) is 20.0 Å². The Balaban J connectivity index is 1.95. The van der Waals surface area contributed by atoms with Gasteiger partial charge in [0.15, 0.2) is 0 Å². The second kappa shape index (κ2) is 6.73. The van der Waals surface area contributed by atoms with Crippen molar-refractivity contribution in [1.82, 2.24) is 5.32 Å². The Morgan fingerprint density at radius 1 is 1.11 bits per heavy atom. The number of benzene rings is 2. The van der Waals surface area contributed by atoms with Gasteiger partial charge in [0.05, 0.1) is 7.11 Å². The molecule has 2 nitrogen and oxygen atoms in total. The lowest BCUT2D eigenvalue weighted by Crippen LogP contribution is -2.13. The molecule has 0 atom stereocenters. The Bertz CT molecular complexity index is 554. The van der Waals surface area contributed by atoms with E-state index in [-0.39, 0.29) is 0 Å². The highest BCUT2D eigenvalue weighted by Gasteiger charge is 2.02. The van der Waals surface area contributed by atoms with Gasteiger partial charge in [0.25, 0.3) is 0 Å². The lowest BCUT2D eigenvalue weighted by molar-refractivity contribution is 0.414. The van der Waals surface area contributed by atoms with Crippen LogP contribution >= 0.6 is 15.9 Å². The number of nitrogens with one attached hydrogen (secondary N) is 1. The fraction of sp³-hybridized carbons (Fsp3) is 0.250. The van der Waals surface area contributed by atoms with Crippen LogP contribution in [0.2, 0.25) is 0 Å². The first kappa shape index (κ1) is 14.1. The molecule has 0 heterocycles. The van der Waals surface area contributed by atoms with E-state index in [1.807, 2.05) is 18.2 Å². The monoisotopic (exact) mass is 319 g/mol. The molecule has 1 N–H and O–H groups in total. The highest BCUT2D eigenvalue weighted by atomic mass is 79.9. The molecule has 19 heavy (non-hydrogen) atoms. The second-order valence-electron chi connectivity index (χ2n) is 4.55. The van der Waals surface area contributed by atoms with Crippen molar-refractivity contribution in [3.05, 3.63) is 63.6 Å². The summed E-state index contributed by atoms with van der Waals surface area (Å²) in [5, 5.41) is 3.45. The highest BCUT2D eigenvalue weighted by molar-refractivity contribution is 9.10. The molecule has 0 saturated heterocycles. The molecular formula is C16H18BrNO. The summed E-state index contributed by atoms with van der Waals surface area (Å²) < 4.78 is 6.34. The van der Waals surface area contributed by atoms with E-state index in [4.69, 9.17) is 4.74 Å². The average Bonchev–Trinajstić information content (AvgIpc) is 2.41. The molecule has 2 rings (SSSR count). The second-order valence-corrected chi connectivity index (χ2v) is 5.40. The van der Waals surface area contributed by atoms with Crippen LogP contribution in [0, 0.1) is 6.92 Å². The SMILES string of the molecule is COc1ccc(Br)c(CNCc2cccc(C)c2)c1. The third-order valence-corrected chi connectivity index (χ3v) is 3.75. The molecule has 0 aliphatic rings. The summed E-state index contributed by atoms with van der Waals surface area (Å²) in [7, 11) is 1.69. The summed E-state index contributed by atoms with van der Waals surface area (Å²) in [6.07, 6.45) is 0. The summed E-state index contributed by atoms with van der Waals surface area (Å²) in [6, 6.07) is 14.6. The standard InChI is InChI=1S/C16H18BrNO/c1-12-4-3-5-13(8-12)10-18-11-14-9-15(19-2)6-7-16(14)17/h3-9,18H,10-11H2,1-2H3. The fourth-order valence-electron chi connectivity index (χ4n) is 1.98. The van der Waals surface area contributed by atoms with E-state index in [0.717, 1.165) is 23.3 Å². The normalized spacial score (nSPS) is 10.5. The van der Waals surface area contributed by atoms with Crippen molar-refractivity contribution in [2.75, 3.05) is 7.11 Å². The van der Waals surface area contributed by atoms with Crippen LogP contribution in [0.5, 0.6) is 5.75 Å². The zero-order valence-corrected chi connectivity index (χ0v) is 12.8. The van der Waals surface area contributed by atoms with E-state index in [2.05, 4.69) is 52.4 Å². The number of methoxy groups -OCH3 is 1. The summed E-state index contributed by atoms with van der Waals surface area (Å²) in [6.45, 7) is 3.79. The molecule has 0 spiro atoms. The molecule has 0 aliphatic heterocycles. The van der Waals surface area contributed by atoms with Gasteiger partial charge in [-0.05, 0) is 36.2 Å². The molecule has 0 radical (unpaired) electrons. The van der Waals surface area contributed by atoms with Crippen molar-refractivity contribution in [3.63, 3.8) is 0 Å². The zero-order valence-electron chi connectivity index (χ0n) is 11.2. The van der Waals surface area contributed by atoms with Gasteiger partial charge in [0.1, 0.15) is 5.75 Å². The molecule has 0 unspecified atom stereocenters. The van der Waals surface area contributed by atoms with Gasteiger partial charge in [0.2, 0.25) is 0 Å². The maximum atomic E-state index is 5.24. The first-order valence-corrected chi connectivity index (χ1v) is 7.07. The maximum Gasteiger partial charge on any atom is 0.119 e. The lowest BCUT2D eigenvalue weighted by Gasteiger charge is -2.09. The number of hydrogen-bond donors (Lipinski definition) is 1. The van der Waals surface area contributed by atoms with Crippen LogP contribution in [-0.4, -0.2) is 7.11 Å². The fourth-order valence-corrected chi connectivity index (χ4v) is 2.36. The molecular weight excluding hydrogens is 302 g/mol. The van der Waals surface area contributed by atoms with E-state index >= 15 is 0 Å². The molecule has 0 saturated carbocycles. The number of halogens is 1. The molecule has 0 fully saturated rings. The molecule has 0 aliphatic carbocycles. The Hall–Kier alpha value is -1.32. The smallest absolute Gasteiger partial charge is 0.119 e. The number of aryl methyl sites for hydroxylation is 1. The van der Waals surface area contributed by atoms with Gasteiger partial charge in [-0.15, -0.1) is 0 Å². The molecule has 2 aromatic rings. The van der Waals surface area contributed by atoms with Crippen LogP contribution in [-0.2, 0) is 13.1 Å². The van der Waals surface area contributed by atoms with E-state index in [9.17, 15) is 0 Å². The Morgan fingerprint density at radius 3 is 2.68 bits per heavy atom. The van der Waals surface area contributed by atoms with Crippen LogP contribution in [0.15, 0.2) is 46.9 Å². The minimum absolute atomic E-state index is 0.811. The summed E-state index contributed by atoms with van der Waals surface area (Å²) in [5.74, 6) is 0.885. The van der Waals surface area contributed by atoms with Crippen LogP contribution in [0.3, 0.4) is 0 Å². The van der Waals surface area contributed by atoms with Crippen LogP contribution in [0.1, 0.15) is 16.7 Å². The van der Waals surface area contributed by atoms with Crippen LogP contribution < -0.4 is 10.1 Å². The number of ether oxygens (including phenoxy) is 1. The first-order chi connectivity index (χ1) is 9.19. The first-order valence-electron chi connectivity index (χ1n) is 6.27. The summed E-state index contributed by atoms with van der Waals surface area (Å²) in [4.78, 5) is 0. The lowest BCUT2D eigenvalue weighted by atomic mass is 10.1. The zero-order chi connectivity index (χ0) is 13.7. The minimum Gasteiger partial charge on any atom is -0.497 e. The van der Waals surface area contributed by atoms with Gasteiger partial charge in [0, 0.05) is 17.6 Å². The van der Waals surface area contributed by atoms with E-state index in [1.165, 1.54) is 16.7 Å². The molecule has 0 amide bonds. The predicted octanol–water partition coefficient (Wildman–Crippen LogP) is 4.06. The van der Waals surface area contributed by atoms with Gasteiger partial charge < -0.3 is 10.1 Å². The molecule has 0 aromatic heterocycles. The molecule has 100 valence electrons. The van der Waals surface area contributed by atoms with Crippen molar-refractivity contribution < 1.29 is 4.74 Å². The van der Waals surface area contributed by atoms with Crippen LogP contribution in [0.25, 0.3) is 0 Å². The van der Waals surface area contributed by atoms with Gasteiger partial charge in [-0.1, -0.05) is 45.8 Å². The topological polar surface area (TPSA) is 21.3 Å². The molecule has 3 heteroatoms. The van der Waals surface area contributed by atoms with E-state index < -0.39 is 0 Å². The minimum atomic E-state index is 0.811. The quantitative estimate of drug-likeness (QED) is 0.897. The number of rotatable bonds is 5. The van der Waals surface area contributed by atoms with Gasteiger partial charge in [-0.25, -0.2) is 0 Å². The highest BCUT2D eigenvalue weighted by Crippen LogP contribution is 2.22. The predicted molar refractivity (Wildman–Crippen MR) is 82.4 cm³/mol. The summed E-state index contributed by atoms with van der Waals surface area (Å²) >= 11 is 3.56. The Labute approximate surface area is 122 Å².